The molecule has 0 amide bonds. The van der Waals surface area contributed by atoms with Crippen LogP contribution in [-0.4, -0.2) is 0 Å². The largest absolute Gasteiger partial charge is 0.0919 e. The van der Waals surface area contributed by atoms with E-state index in [0.717, 1.165) is 5.92 Å². The van der Waals surface area contributed by atoms with E-state index in [2.05, 4.69) is 27.7 Å². The molecule has 0 nitrogen and oxygen atoms in total. The molecule has 0 bridgehead atoms. The Hall–Kier alpha value is -0.130. The monoisotopic (exact) mass is 113 g/mol. The second-order valence-electron chi connectivity index (χ2n) is 2.92. The molecule has 8 heavy (non-hydrogen) atoms. The molecule has 0 fully saturated rings. The third-order valence-electron chi connectivity index (χ3n) is 1.45. The van der Waals surface area contributed by atoms with Crippen molar-refractivity contribution in [1.29, 1.82) is 0 Å². The Bertz CT molecular complexity index is 46.0. The zero-order valence-electron chi connectivity index (χ0n) is 6.49. The Morgan fingerprint density at radius 3 is 2.00 bits per heavy atom. The summed E-state index contributed by atoms with van der Waals surface area (Å²) in [5.74, 6) is 2.44. The Morgan fingerprint density at radius 2 is 1.88 bits per heavy atom. The predicted molar refractivity (Wildman–Crippen MR) is 38.7 cm³/mol. The highest BCUT2D eigenvalue weighted by Crippen LogP contribution is 2.14. The lowest BCUT2D eigenvalue weighted by Gasteiger charge is -2.01. The van der Waals surface area contributed by atoms with E-state index in [0.29, 0.717) is 0 Å². The molecule has 0 aromatic rings. The second-order valence-corrected chi connectivity index (χ2v) is 2.92. The third-order valence-corrected chi connectivity index (χ3v) is 1.45. The minimum atomic E-state index is 0.889. The van der Waals surface area contributed by atoms with Gasteiger partial charge in [-0.15, -0.1) is 0 Å². The molecule has 0 aliphatic carbocycles. The lowest BCUT2D eigenvalue weighted by molar-refractivity contribution is 0.528. The van der Waals surface area contributed by atoms with Gasteiger partial charge in [0.05, 0.1) is 26.2 Å². The summed E-state index contributed by atoms with van der Waals surface area (Å²) in [6, 6.07) is 0. The Morgan fingerprint density at radius 1 is 1.38 bits per heavy atom. The van der Waals surface area contributed by atoms with E-state index in [-0.39, 0.29) is 0 Å². The van der Waals surface area contributed by atoms with Gasteiger partial charge in [-0.1, -0.05) is 13.8 Å². The summed E-state index contributed by atoms with van der Waals surface area (Å²) in [5, 5.41) is 0. The third kappa shape index (κ3) is 4.04. The first-order valence-electron chi connectivity index (χ1n) is 3.45. The summed E-state index contributed by atoms with van der Waals surface area (Å²) >= 11 is 0. The highest BCUT2D eigenvalue weighted by molar-refractivity contribution is 4.78. The van der Waals surface area contributed by atoms with E-state index in [9.17, 15) is 0 Å². The summed E-state index contributed by atoms with van der Waals surface area (Å²) in [5.41, 5.74) is 0. The van der Waals surface area contributed by atoms with Gasteiger partial charge < -0.3 is 0 Å². The Labute approximate surface area is 53.3 Å². The van der Waals surface area contributed by atoms with Crippen LogP contribution in [0, 0.1) is 11.8 Å². The van der Waals surface area contributed by atoms with Gasteiger partial charge in [-0.05, 0) is 12.3 Å². The highest BCUT2D eigenvalue weighted by atomic mass is 14.1. The van der Waals surface area contributed by atoms with Crippen LogP contribution in [0.15, 0.2) is 0 Å². The molecule has 0 aromatic heterocycles. The van der Waals surface area contributed by atoms with Crippen LogP contribution in [-0.2, 0) is 0 Å². The van der Waals surface area contributed by atoms with Crippen molar-refractivity contribution in [3.8, 4) is 0 Å². The molecule has 48 valence electrons. The van der Waals surface area contributed by atoms with Crippen LogP contribution in [0.5, 0.6) is 0 Å². The van der Waals surface area contributed by atoms with Crippen molar-refractivity contribution in [1.82, 2.24) is 0 Å². The fourth-order valence-corrected chi connectivity index (χ4v) is 0.841. The smallest absolute Gasteiger partial charge is 0.0650 e. The first-order chi connectivity index (χ1) is 3.66. The van der Waals surface area contributed by atoms with Crippen molar-refractivity contribution in [2.75, 3.05) is 0 Å². The van der Waals surface area contributed by atoms with Crippen LogP contribution in [0.4, 0.5) is 0 Å². The molecule has 0 saturated carbocycles. The maximum Gasteiger partial charge on any atom is 0.0919 e. The molecule has 0 heteroatoms. The first kappa shape index (κ1) is 7.87. The summed E-state index contributed by atoms with van der Waals surface area (Å²) in [7, 11) is 0. The summed E-state index contributed by atoms with van der Waals surface area (Å²) in [6.07, 6.45) is 2.61. The van der Waals surface area contributed by atoms with Gasteiger partial charge in [0.15, 0.2) is 0 Å². The molecule has 0 aromatic carbocycles. The molecular formula is C8H17+. The van der Waals surface area contributed by atoms with Gasteiger partial charge >= 0.3 is 0 Å². The van der Waals surface area contributed by atoms with E-state index in [1.165, 1.54) is 12.8 Å². The highest BCUT2D eigenvalue weighted by Gasteiger charge is 2.08. The van der Waals surface area contributed by atoms with Crippen molar-refractivity contribution in [3.05, 3.63) is 5.92 Å². The number of rotatable bonds is 3. The van der Waals surface area contributed by atoms with Gasteiger partial charge in [0.1, 0.15) is 0 Å². The molecule has 1 unspecified atom stereocenters. The van der Waals surface area contributed by atoms with E-state index >= 15 is 0 Å². The number of hydrogen-bond donors (Lipinski definition) is 0. The van der Waals surface area contributed by atoms with E-state index in [1.54, 1.807) is 5.92 Å². The standard InChI is InChI=1S/C8H17/c1-5-8(4)6-7(2)3/h8H,5-6H2,1-4H3/q+1. The second kappa shape index (κ2) is 3.82. The van der Waals surface area contributed by atoms with Crippen molar-refractivity contribution >= 4 is 0 Å². The minimum Gasteiger partial charge on any atom is -0.0650 e. The molecule has 0 rings (SSSR count). The van der Waals surface area contributed by atoms with Gasteiger partial charge in [0, 0.05) is 0 Å². The number of hydrogen-bond acceptors (Lipinski definition) is 0. The maximum absolute atomic E-state index is 2.30. The summed E-state index contributed by atoms with van der Waals surface area (Å²) in [6.45, 7) is 8.94. The van der Waals surface area contributed by atoms with Crippen molar-refractivity contribution < 1.29 is 0 Å². The zero-order valence-corrected chi connectivity index (χ0v) is 6.49. The SMILES string of the molecule is CCC(C)C[C+](C)C. The lowest BCUT2D eigenvalue weighted by atomic mass is 9.97. The molecule has 0 aliphatic heterocycles. The van der Waals surface area contributed by atoms with Gasteiger partial charge in [0.25, 0.3) is 0 Å². The van der Waals surface area contributed by atoms with Crippen LogP contribution >= 0.6 is 0 Å². The van der Waals surface area contributed by atoms with Crippen molar-refractivity contribution in [2.45, 2.75) is 40.5 Å². The van der Waals surface area contributed by atoms with Crippen LogP contribution < -0.4 is 0 Å². The van der Waals surface area contributed by atoms with Gasteiger partial charge in [-0.3, -0.25) is 0 Å². The molecule has 0 aliphatic rings. The first-order valence-corrected chi connectivity index (χ1v) is 3.45. The Balaban J connectivity index is 3.10. The average Bonchev–Trinajstić information content (AvgIpc) is 1.65. The maximum atomic E-state index is 2.30. The summed E-state index contributed by atoms with van der Waals surface area (Å²) in [4.78, 5) is 0. The van der Waals surface area contributed by atoms with Gasteiger partial charge in [0.2, 0.25) is 0 Å². The van der Waals surface area contributed by atoms with E-state index in [4.69, 9.17) is 0 Å². The van der Waals surface area contributed by atoms with Gasteiger partial charge in [-0.25, -0.2) is 0 Å². The van der Waals surface area contributed by atoms with Crippen LogP contribution in [0.1, 0.15) is 40.5 Å². The van der Waals surface area contributed by atoms with Crippen LogP contribution in [0.2, 0.25) is 0 Å². The van der Waals surface area contributed by atoms with E-state index < -0.39 is 0 Å². The zero-order chi connectivity index (χ0) is 6.57. The molecular weight excluding hydrogens is 96.1 g/mol. The molecule has 0 N–H and O–H groups in total. The summed E-state index contributed by atoms with van der Waals surface area (Å²) < 4.78 is 0. The predicted octanol–water partition coefficient (Wildman–Crippen LogP) is 3.04. The average molecular weight is 113 g/mol. The quantitative estimate of drug-likeness (QED) is 0.493. The lowest BCUT2D eigenvalue weighted by Crippen LogP contribution is -1.95. The van der Waals surface area contributed by atoms with Crippen molar-refractivity contribution in [2.24, 2.45) is 5.92 Å². The van der Waals surface area contributed by atoms with Crippen LogP contribution in [0.3, 0.4) is 0 Å². The normalized spacial score (nSPS) is 13.5. The minimum absolute atomic E-state index is 0.889. The molecule has 1 atom stereocenters. The van der Waals surface area contributed by atoms with Crippen molar-refractivity contribution in [3.63, 3.8) is 0 Å². The molecule has 0 radical (unpaired) electrons. The van der Waals surface area contributed by atoms with Crippen LogP contribution in [0.25, 0.3) is 0 Å². The van der Waals surface area contributed by atoms with Gasteiger partial charge in [-0.2, -0.15) is 0 Å². The van der Waals surface area contributed by atoms with E-state index in [1.807, 2.05) is 0 Å². The Kier molecular flexibility index (Phi) is 3.76. The molecule has 0 saturated heterocycles. The molecule has 0 spiro atoms. The fraction of sp³-hybridized carbons (Fsp3) is 0.875. The molecule has 0 heterocycles. The topological polar surface area (TPSA) is 0 Å². The fourth-order valence-electron chi connectivity index (χ4n) is 0.841.